The molecule has 0 bridgehead atoms. The smallest absolute Gasteiger partial charge is 0.159 e. The number of benzene rings is 1. The van der Waals surface area contributed by atoms with Crippen molar-refractivity contribution in [3.63, 3.8) is 0 Å². The van der Waals surface area contributed by atoms with Crippen molar-refractivity contribution in [2.24, 2.45) is 0 Å². The van der Waals surface area contributed by atoms with Gasteiger partial charge in [-0.25, -0.2) is 0 Å². The fourth-order valence-electron chi connectivity index (χ4n) is 1.66. The van der Waals surface area contributed by atoms with E-state index in [9.17, 15) is 4.79 Å². The van der Waals surface area contributed by atoms with Crippen LogP contribution in [0.2, 0.25) is 5.02 Å². The van der Waals surface area contributed by atoms with Crippen LogP contribution in [0.15, 0.2) is 36.1 Å². The van der Waals surface area contributed by atoms with Gasteiger partial charge in [-0.15, -0.1) is 0 Å². The van der Waals surface area contributed by atoms with E-state index >= 15 is 0 Å². The lowest BCUT2D eigenvalue weighted by Crippen LogP contribution is -2.05. The van der Waals surface area contributed by atoms with E-state index in [1.807, 2.05) is 24.3 Å². The predicted molar refractivity (Wildman–Crippen MR) is 63.2 cm³/mol. The summed E-state index contributed by atoms with van der Waals surface area (Å²) in [5.41, 5.74) is 0.947. The Kier molecular flexibility index (Phi) is 3.62. The van der Waals surface area contributed by atoms with Gasteiger partial charge in [-0.3, -0.25) is 4.79 Å². The Balaban J connectivity index is 1.97. The second-order valence-electron chi connectivity index (χ2n) is 3.81. The predicted octanol–water partition coefficient (Wildman–Crippen LogP) is 3.49. The molecule has 0 spiro atoms. The number of carbonyl (C=O) groups excluding carboxylic acids is 1. The molecule has 0 aliphatic heterocycles. The summed E-state index contributed by atoms with van der Waals surface area (Å²) in [5.74, 6) is 0.927. The van der Waals surface area contributed by atoms with Crippen LogP contribution in [-0.4, -0.2) is 5.78 Å². The molecule has 0 N–H and O–H groups in total. The van der Waals surface area contributed by atoms with Gasteiger partial charge in [-0.2, -0.15) is 0 Å². The van der Waals surface area contributed by atoms with Crippen molar-refractivity contribution < 1.29 is 9.53 Å². The highest BCUT2D eigenvalue weighted by Gasteiger charge is 2.11. The van der Waals surface area contributed by atoms with Crippen molar-refractivity contribution in [2.45, 2.75) is 25.9 Å². The number of allylic oxidation sites excluding steroid dienone is 2. The van der Waals surface area contributed by atoms with E-state index in [0.717, 1.165) is 24.2 Å². The maximum absolute atomic E-state index is 11.2. The lowest BCUT2D eigenvalue weighted by Gasteiger charge is -2.14. The Morgan fingerprint density at radius 2 is 2.06 bits per heavy atom. The molecule has 0 aromatic heterocycles. The first-order valence-electron chi connectivity index (χ1n) is 5.35. The zero-order valence-corrected chi connectivity index (χ0v) is 9.67. The molecule has 16 heavy (non-hydrogen) atoms. The molecule has 0 atom stereocenters. The molecular weight excluding hydrogens is 224 g/mol. The SMILES string of the molecule is O=C1C=C(OCc2ccccc2Cl)CCC1. The summed E-state index contributed by atoms with van der Waals surface area (Å²) in [6.45, 7) is 0.429. The summed E-state index contributed by atoms with van der Waals surface area (Å²) in [7, 11) is 0. The van der Waals surface area contributed by atoms with Gasteiger partial charge >= 0.3 is 0 Å². The van der Waals surface area contributed by atoms with Crippen LogP contribution in [0.1, 0.15) is 24.8 Å². The van der Waals surface area contributed by atoms with Crippen molar-refractivity contribution in [1.29, 1.82) is 0 Å². The molecule has 1 aromatic rings. The molecule has 0 radical (unpaired) electrons. The van der Waals surface area contributed by atoms with Gasteiger partial charge in [-0.05, 0) is 12.5 Å². The lowest BCUT2D eigenvalue weighted by molar-refractivity contribution is -0.115. The van der Waals surface area contributed by atoms with Crippen LogP contribution >= 0.6 is 11.6 Å². The quantitative estimate of drug-likeness (QED) is 0.803. The van der Waals surface area contributed by atoms with Gasteiger partial charge in [0.2, 0.25) is 0 Å². The van der Waals surface area contributed by atoms with Crippen LogP contribution < -0.4 is 0 Å². The normalized spacial score (nSPS) is 15.8. The average molecular weight is 237 g/mol. The molecule has 2 rings (SSSR count). The van der Waals surface area contributed by atoms with Crippen LogP contribution in [0.3, 0.4) is 0 Å². The first-order valence-corrected chi connectivity index (χ1v) is 5.73. The molecule has 1 aliphatic rings. The lowest BCUT2D eigenvalue weighted by atomic mass is 10.1. The zero-order chi connectivity index (χ0) is 11.4. The van der Waals surface area contributed by atoms with E-state index in [1.165, 1.54) is 0 Å². The fraction of sp³-hybridized carbons (Fsp3) is 0.308. The Hall–Kier alpha value is -1.28. The van der Waals surface area contributed by atoms with Crippen molar-refractivity contribution >= 4 is 17.4 Å². The zero-order valence-electron chi connectivity index (χ0n) is 8.91. The molecule has 1 aliphatic carbocycles. The molecule has 0 saturated heterocycles. The van der Waals surface area contributed by atoms with Gasteiger partial charge in [0.15, 0.2) is 5.78 Å². The minimum atomic E-state index is 0.153. The average Bonchev–Trinajstić information content (AvgIpc) is 2.28. The number of hydrogen-bond acceptors (Lipinski definition) is 2. The highest BCUT2D eigenvalue weighted by Crippen LogP contribution is 2.21. The third-order valence-electron chi connectivity index (χ3n) is 2.54. The standard InChI is InChI=1S/C13H13ClO2/c14-13-7-2-1-4-10(13)9-16-12-6-3-5-11(15)8-12/h1-2,4,7-8H,3,5-6,9H2. The summed E-state index contributed by atoms with van der Waals surface area (Å²) in [4.78, 5) is 11.2. The largest absolute Gasteiger partial charge is 0.493 e. The van der Waals surface area contributed by atoms with E-state index in [0.29, 0.717) is 18.1 Å². The molecular formula is C13H13ClO2. The third-order valence-corrected chi connectivity index (χ3v) is 2.91. The van der Waals surface area contributed by atoms with Crippen LogP contribution in [0.4, 0.5) is 0 Å². The first kappa shape index (κ1) is 11.2. The summed E-state index contributed by atoms with van der Waals surface area (Å²) >= 11 is 6.00. The van der Waals surface area contributed by atoms with Gasteiger partial charge < -0.3 is 4.74 Å². The number of rotatable bonds is 3. The van der Waals surface area contributed by atoms with Gasteiger partial charge in [0.05, 0.1) is 5.76 Å². The van der Waals surface area contributed by atoms with E-state index in [1.54, 1.807) is 6.08 Å². The Morgan fingerprint density at radius 3 is 2.81 bits per heavy atom. The molecule has 3 heteroatoms. The highest BCUT2D eigenvalue weighted by atomic mass is 35.5. The summed E-state index contributed by atoms with van der Waals surface area (Å²) in [5, 5.41) is 0.699. The maximum atomic E-state index is 11.2. The summed E-state index contributed by atoms with van der Waals surface area (Å²) in [6.07, 6.45) is 3.96. The van der Waals surface area contributed by atoms with Crippen LogP contribution in [0, 0.1) is 0 Å². The molecule has 2 nitrogen and oxygen atoms in total. The van der Waals surface area contributed by atoms with E-state index in [-0.39, 0.29) is 5.78 Å². The Morgan fingerprint density at radius 1 is 1.25 bits per heavy atom. The number of halogens is 1. The van der Waals surface area contributed by atoms with E-state index < -0.39 is 0 Å². The minimum Gasteiger partial charge on any atom is -0.493 e. The topological polar surface area (TPSA) is 26.3 Å². The molecule has 0 saturated carbocycles. The van der Waals surface area contributed by atoms with Gasteiger partial charge in [0.1, 0.15) is 6.61 Å². The number of ketones is 1. The second kappa shape index (κ2) is 5.17. The second-order valence-corrected chi connectivity index (χ2v) is 4.22. The monoisotopic (exact) mass is 236 g/mol. The number of hydrogen-bond donors (Lipinski definition) is 0. The maximum Gasteiger partial charge on any atom is 0.159 e. The Bertz CT molecular complexity index is 424. The Labute approximate surface area is 99.9 Å². The first-order chi connectivity index (χ1) is 7.75. The summed E-state index contributed by atoms with van der Waals surface area (Å²) in [6, 6.07) is 7.56. The molecule has 0 unspecified atom stereocenters. The van der Waals surface area contributed by atoms with E-state index in [4.69, 9.17) is 16.3 Å². The van der Waals surface area contributed by atoms with Crippen molar-refractivity contribution in [3.8, 4) is 0 Å². The number of ether oxygens (including phenoxy) is 1. The van der Waals surface area contributed by atoms with Gasteiger partial charge in [0, 0.05) is 29.5 Å². The summed E-state index contributed by atoms with van der Waals surface area (Å²) < 4.78 is 5.58. The van der Waals surface area contributed by atoms with Crippen molar-refractivity contribution in [3.05, 3.63) is 46.7 Å². The molecule has 0 fully saturated rings. The van der Waals surface area contributed by atoms with Gasteiger partial charge in [-0.1, -0.05) is 29.8 Å². The highest BCUT2D eigenvalue weighted by molar-refractivity contribution is 6.31. The fourth-order valence-corrected chi connectivity index (χ4v) is 1.85. The number of carbonyl (C=O) groups is 1. The van der Waals surface area contributed by atoms with E-state index in [2.05, 4.69) is 0 Å². The van der Waals surface area contributed by atoms with Crippen LogP contribution in [0.5, 0.6) is 0 Å². The van der Waals surface area contributed by atoms with Crippen LogP contribution in [-0.2, 0) is 16.1 Å². The minimum absolute atomic E-state index is 0.153. The van der Waals surface area contributed by atoms with Gasteiger partial charge in [0.25, 0.3) is 0 Å². The molecule has 1 aromatic carbocycles. The van der Waals surface area contributed by atoms with Crippen molar-refractivity contribution in [2.75, 3.05) is 0 Å². The van der Waals surface area contributed by atoms with Crippen LogP contribution in [0.25, 0.3) is 0 Å². The third kappa shape index (κ3) is 2.86. The molecule has 0 heterocycles. The molecule has 0 amide bonds. The molecule has 84 valence electrons. The van der Waals surface area contributed by atoms with Crippen molar-refractivity contribution in [1.82, 2.24) is 0 Å².